The summed E-state index contributed by atoms with van der Waals surface area (Å²) in [5.41, 5.74) is 1.43. The molecule has 1 heterocycles. The summed E-state index contributed by atoms with van der Waals surface area (Å²) in [6, 6.07) is 4.72. The van der Waals surface area contributed by atoms with Crippen molar-refractivity contribution in [3.8, 4) is 5.75 Å². The minimum atomic E-state index is -5.10. The Labute approximate surface area is 192 Å². The van der Waals surface area contributed by atoms with E-state index in [4.69, 9.17) is 9.47 Å². The Morgan fingerprint density at radius 3 is 2.45 bits per heavy atom. The summed E-state index contributed by atoms with van der Waals surface area (Å²) in [6.45, 7) is 1.84. The van der Waals surface area contributed by atoms with Crippen LogP contribution >= 0.6 is 11.3 Å². The Morgan fingerprint density at radius 2 is 1.85 bits per heavy atom. The highest BCUT2D eigenvalue weighted by Gasteiger charge is 2.40. The molecule has 11 heteroatoms. The zero-order valence-corrected chi connectivity index (χ0v) is 18.8. The molecule has 1 atom stereocenters. The molecular formula is C22H23F3N2O5S. The van der Waals surface area contributed by atoms with E-state index >= 15 is 0 Å². The van der Waals surface area contributed by atoms with Crippen molar-refractivity contribution in [2.45, 2.75) is 44.8 Å². The standard InChI is InChI=1S/C22H23F3N2O5S/c1-3-32-20(29)18-14-5-4-6-16(14)33-19(18)27-17(28)11-15(26-21(30)22(23,24)25)12-7-9-13(31-2)10-8-12/h7-10,15H,3-6,11H2,1-2H3,(H,26,30)(H,27,28). The van der Waals surface area contributed by atoms with Gasteiger partial charge in [-0.05, 0) is 49.4 Å². The van der Waals surface area contributed by atoms with Gasteiger partial charge >= 0.3 is 18.1 Å². The number of esters is 1. The first-order valence-electron chi connectivity index (χ1n) is 10.3. The first kappa shape index (κ1) is 24.6. The number of carbonyl (C=O) groups is 3. The summed E-state index contributed by atoms with van der Waals surface area (Å²) < 4.78 is 48.7. The summed E-state index contributed by atoms with van der Waals surface area (Å²) >= 11 is 1.26. The number of amides is 2. The number of alkyl halides is 3. The number of rotatable bonds is 8. The number of hydrogen-bond donors (Lipinski definition) is 2. The molecule has 33 heavy (non-hydrogen) atoms. The minimum Gasteiger partial charge on any atom is -0.497 e. The zero-order chi connectivity index (χ0) is 24.2. The van der Waals surface area contributed by atoms with Gasteiger partial charge < -0.3 is 20.1 Å². The fourth-order valence-corrected chi connectivity index (χ4v) is 4.90. The third-order valence-corrected chi connectivity index (χ3v) is 6.33. The number of benzene rings is 1. The average molecular weight is 484 g/mol. The van der Waals surface area contributed by atoms with Gasteiger partial charge in [-0.2, -0.15) is 13.2 Å². The van der Waals surface area contributed by atoms with E-state index in [1.807, 2.05) is 5.32 Å². The fraction of sp³-hybridized carbons (Fsp3) is 0.409. The molecule has 7 nitrogen and oxygen atoms in total. The maximum absolute atomic E-state index is 12.9. The van der Waals surface area contributed by atoms with Gasteiger partial charge in [-0.1, -0.05) is 12.1 Å². The van der Waals surface area contributed by atoms with Gasteiger partial charge in [0.25, 0.3) is 0 Å². The third kappa shape index (κ3) is 5.84. The van der Waals surface area contributed by atoms with E-state index in [0.717, 1.165) is 23.3 Å². The van der Waals surface area contributed by atoms with Crippen molar-refractivity contribution in [3.63, 3.8) is 0 Å². The van der Waals surface area contributed by atoms with Gasteiger partial charge in [0.05, 0.1) is 31.7 Å². The lowest BCUT2D eigenvalue weighted by Gasteiger charge is -2.20. The maximum atomic E-state index is 12.9. The molecule has 1 aliphatic carbocycles. The van der Waals surface area contributed by atoms with Crippen molar-refractivity contribution in [2.24, 2.45) is 0 Å². The second-order valence-electron chi connectivity index (χ2n) is 7.33. The van der Waals surface area contributed by atoms with Crippen LogP contribution in [0.1, 0.15) is 52.2 Å². The number of thiophene rings is 1. The monoisotopic (exact) mass is 484 g/mol. The van der Waals surface area contributed by atoms with Gasteiger partial charge in [-0.3, -0.25) is 9.59 Å². The van der Waals surface area contributed by atoms with Gasteiger partial charge in [0.1, 0.15) is 10.8 Å². The lowest BCUT2D eigenvalue weighted by Crippen LogP contribution is -2.40. The molecule has 1 aromatic heterocycles. The molecule has 0 saturated carbocycles. The van der Waals surface area contributed by atoms with Crippen molar-refractivity contribution in [2.75, 3.05) is 19.0 Å². The topological polar surface area (TPSA) is 93.7 Å². The molecule has 0 saturated heterocycles. The SMILES string of the molecule is CCOC(=O)c1c(NC(=O)CC(NC(=O)C(F)(F)F)c2ccc(OC)cc2)sc2c1CCC2. The number of ether oxygens (including phenoxy) is 2. The molecule has 0 radical (unpaired) electrons. The minimum absolute atomic E-state index is 0.167. The second-order valence-corrected chi connectivity index (χ2v) is 8.44. The Hall–Kier alpha value is -3.08. The molecule has 1 aliphatic rings. The quantitative estimate of drug-likeness (QED) is 0.549. The van der Waals surface area contributed by atoms with Crippen LogP contribution in [-0.4, -0.2) is 37.7 Å². The molecule has 2 amide bonds. The molecule has 1 aromatic carbocycles. The number of hydrogen-bond acceptors (Lipinski definition) is 6. The molecule has 3 rings (SSSR count). The lowest BCUT2D eigenvalue weighted by molar-refractivity contribution is -0.174. The van der Waals surface area contributed by atoms with Crippen LogP contribution in [0.2, 0.25) is 0 Å². The maximum Gasteiger partial charge on any atom is 0.471 e. The molecule has 0 bridgehead atoms. The fourth-order valence-electron chi connectivity index (χ4n) is 3.60. The highest BCUT2D eigenvalue weighted by atomic mass is 32.1. The Bertz CT molecular complexity index is 1030. The van der Waals surface area contributed by atoms with E-state index in [-0.39, 0.29) is 6.61 Å². The van der Waals surface area contributed by atoms with E-state index in [1.54, 1.807) is 6.92 Å². The van der Waals surface area contributed by atoms with Crippen LogP contribution in [0, 0.1) is 0 Å². The third-order valence-electron chi connectivity index (χ3n) is 5.12. The number of nitrogens with one attached hydrogen (secondary N) is 2. The largest absolute Gasteiger partial charge is 0.497 e. The van der Waals surface area contributed by atoms with Crippen molar-refractivity contribution in [1.29, 1.82) is 0 Å². The molecule has 1 unspecified atom stereocenters. The van der Waals surface area contributed by atoms with Crippen LogP contribution in [-0.2, 0) is 27.2 Å². The molecule has 0 aliphatic heterocycles. The summed E-state index contributed by atoms with van der Waals surface area (Å²) in [6.07, 6.45) is -3.22. The number of anilines is 1. The second kappa shape index (κ2) is 10.2. The van der Waals surface area contributed by atoms with Gasteiger partial charge in [-0.15, -0.1) is 11.3 Å². The first-order valence-corrected chi connectivity index (χ1v) is 11.1. The molecule has 2 aromatic rings. The van der Waals surface area contributed by atoms with Crippen molar-refractivity contribution in [3.05, 3.63) is 45.8 Å². The van der Waals surface area contributed by atoms with Crippen molar-refractivity contribution in [1.82, 2.24) is 5.32 Å². The van der Waals surface area contributed by atoms with E-state index in [0.29, 0.717) is 28.3 Å². The number of fused-ring (bicyclic) bond motifs is 1. The predicted molar refractivity (Wildman–Crippen MR) is 115 cm³/mol. The molecule has 0 fully saturated rings. The molecular weight excluding hydrogens is 461 g/mol. The molecule has 0 spiro atoms. The number of methoxy groups -OCH3 is 1. The van der Waals surface area contributed by atoms with E-state index in [1.165, 1.54) is 42.7 Å². The average Bonchev–Trinajstić information content (AvgIpc) is 3.33. The van der Waals surface area contributed by atoms with Gasteiger partial charge in [0.2, 0.25) is 5.91 Å². The number of aryl methyl sites for hydroxylation is 1. The van der Waals surface area contributed by atoms with E-state index in [2.05, 4.69) is 5.32 Å². The molecule has 178 valence electrons. The Balaban J connectivity index is 1.82. The van der Waals surface area contributed by atoms with Crippen LogP contribution in [0.15, 0.2) is 24.3 Å². The summed E-state index contributed by atoms with van der Waals surface area (Å²) in [5.74, 6) is -2.89. The Kier molecular flexibility index (Phi) is 7.62. The van der Waals surface area contributed by atoms with Crippen LogP contribution in [0.3, 0.4) is 0 Å². The highest BCUT2D eigenvalue weighted by Crippen LogP contribution is 2.39. The summed E-state index contributed by atoms with van der Waals surface area (Å²) in [7, 11) is 1.44. The predicted octanol–water partition coefficient (Wildman–Crippen LogP) is 4.17. The van der Waals surface area contributed by atoms with Crippen LogP contribution < -0.4 is 15.4 Å². The first-order chi connectivity index (χ1) is 15.6. The van der Waals surface area contributed by atoms with Crippen LogP contribution in [0.25, 0.3) is 0 Å². The van der Waals surface area contributed by atoms with E-state index in [9.17, 15) is 27.6 Å². The number of carbonyl (C=O) groups excluding carboxylic acids is 3. The Morgan fingerprint density at radius 1 is 1.15 bits per heavy atom. The van der Waals surface area contributed by atoms with Crippen molar-refractivity contribution < 1.29 is 37.0 Å². The van der Waals surface area contributed by atoms with Crippen molar-refractivity contribution >= 4 is 34.1 Å². The highest BCUT2D eigenvalue weighted by molar-refractivity contribution is 7.17. The van der Waals surface area contributed by atoms with E-state index < -0.39 is 36.4 Å². The number of halogens is 3. The van der Waals surface area contributed by atoms with Crippen LogP contribution in [0.4, 0.5) is 18.2 Å². The smallest absolute Gasteiger partial charge is 0.471 e. The normalized spacial score (nSPS) is 13.7. The lowest BCUT2D eigenvalue weighted by atomic mass is 10.0. The zero-order valence-electron chi connectivity index (χ0n) is 18.0. The van der Waals surface area contributed by atoms with Gasteiger partial charge in [0.15, 0.2) is 0 Å². The summed E-state index contributed by atoms with van der Waals surface area (Å²) in [5, 5.41) is 4.81. The van der Waals surface area contributed by atoms with Crippen LogP contribution in [0.5, 0.6) is 5.75 Å². The summed E-state index contributed by atoms with van der Waals surface area (Å²) in [4.78, 5) is 37.8. The molecule has 2 N–H and O–H groups in total. The van der Waals surface area contributed by atoms with Gasteiger partial charge in [0, 0.05) is 4.88 Å². The van der Waals surface area contributed by atoms with Gasteiger partial charge in [-0.25, -0.2) is 4.79 Å².